The molecule has 4 heteroatoms. The SMILES string of the molecule is CC.CCC.CCC(CC)=NOCCCCCC(=O)N1CCC2CC2C1. The fourth-order valence-electron chi connectivity index (χ4n) is 3.10. The molecule has 1 aliphatic carbocycles. The van der Waals surface area contributed by atoms with Gasteiger partial charge in [-0.2, -0.15) is 0 Å². The van der Waals surface area contributed by atoms with Crippen molar-refractivity contribution < 1.29 is 9.63 Å². The first kappa shape index (κ1) is 24.9. The second kappa shape index (κ2) is 16.1. The lowest BCUT2D eigenvalue weighted by Crippen LogP contribution is -2.36. The first-order valence-corrected chi connectivity index (χ1v) is 11.1. The lowest BCUT2D eigenvalue weighted by Gasteiger charge is -2.26. The van der Waals surface area contributed by atoms with Crippen molar-refractivity contribution in [1.29, 1.82) is 0 Å². The predicted octanol–water partition coefficient (Wildman–Crippen LogP) is 6.05. The van der Waals surface area contributed by atoms with Crippen molar-refractivity contribution in [3.8, 4) is 0 Å². The molecule has 0 aromatic rings. The molecule has 2 fully saturated rings. The van der Waals surface area contributed by atoms with Crippen molar-refractivity contribution in [2.75, 3.05) is 19.7 Å². The van der Waals surface area contributed by atoms with E-state index >= 15 is 0 Å². The van der Waals surface area contributed by atoms with Gasteiger partial charge in [-0.15, -0.1) is 0 Å². The van der Waals surface area contributed by atoms with Crippen LogP contribution in [-0.4, -0.2) is 36.2 Å². The highest BCUT2D eigenvalue weighted by Crippen LogP contribution is 2.44. The number of oxime groups is 1. The smallest absolute Gasteiger partial charge is 0.222 e. The summed E-state index contributed by atoms with van der Waals surface area (Å²) in [6.07, 6.45) is 9.49. The van der Waals surface area contributed by atoms with Crippen LogP contribution in [0, 0.1) is 11.8 Å². The molecule has 2 aliphatic rings. The van der Waals surface area contributed by atoms with Gasteiger partial charge in [-0.3, -0.25) is 4.79 Å². The monoisotopic (exact) mass is 368 g/mol. The van der Waals surface area contributed by atoms with Crippen molar-refractivity contribution in [2.24, 2.45) is 17.0 Å². The first-order chi connectivity index (χ1) is 12.7. The maximum absolute atomic E-state index is 12.1. The molecule has 1 heterocycles. The number of carbonyl (C=O) groups is 1. The summed E-state index contributed by atoms with van der Waals surface area (Å²) in [5, 5.41) is 4.12. The molecule has 1 amide bonds. The van der Waals surface area contributed by atoms with Gasteiger partial charge in [-0.25, -0.2) is 0 Å². The second-order valence-electron chi connectivity index (χ2n) is 7.10. The number of hydrogen-bond acceptors (Lipinski definition) is 3. The van der Waals surface area contributed by atoms with Crippen LogP contribution in [-0.2, 0) is 9.63 Å². The predicted molar refractivity (Wildman–Crippen MR) is 113 cm³/mol. The van der Waals surface area contributed by atoms with Crippen LogP contribution in [0.1, 0.15) is 99.3 Å². The number of carbonyl (C=O) groups excluding carboxylic acids is 1. The Balaban J connectivity index is 0.00000113. The Kier molecular flexibility index (Phi) is 15.5. The molecule has 0 aromatic heterocycles. The third-order valence-corrected chi connectivity index (χ3v) is 4.78. The van der Waals surface area contributed by atoms with E-state index in [1.165, 1.54) is 19.3 Å². The minimum atomic E-state index is 0.360. The normalized spacial score (nSPS) is 19.8. The fourth-order valence-corrected chi connectivity index (χ4v) is 3.10. The van der Waals surface area contributed by atoms with Gasteiger partial charge >= 0.3 is 0 Å². The van der Waals surface area contributed by atoms with Crippen molar-refractivity contribution in [2.45, 2.75) is 99.3 Å². The molecule has 26 heavy (non-hydrogen) atoms. The fraction of sp³-hybridized carbons (Fsp3) is 0.909. The minimum Gasteiger partial charge on any atom is -0.396 e. The van der Waals surface area contributed by atoms with Gasteiger partial charge < -0.3 is 9.74 Å². The zero-order valence-corrected chi connectivity index (χ0v) is 18.4. The Morgan fingerprint density at radius 1 is 1.04 bits per heavy atom. The molecular formula is C22H44N2O2. The Morgan fingerprint density at radius 3 is 2.27 bits per heavy atom. The quantitative estimate of drug-likeness (QED) is 0.282. The molecule has 0 spiro atoms. The van der Waals surface area contributed by atoms with Crippen molar-refractivity contribution in [1.82, 2.24) is 4.90 Å². The summed E-state index contributed by atoms with van der Waals surface area (Å²) in [6.45, 7) is 15.1. The maximum atomic E-state index is 12.1. The van der Waals surface area contributed by atoms with Crippen molar-refractivity contribution >= 4 is 11.6 Å². The van der Waals surface area contributed by atoms with Crippen LogP contribution in [0.2, 0.25) is 0 Å². The number of amides is 1. The highest BCUT2D eigenvalue weighted by atomic mass is 16.6. The van der Waals surface area contributed by atoms with Crippen LogP contribution in [0.5, 0.6) is 0 Å². The van der Waals surface area contributed by atoms with E-state index in [0.717, 1.165) is 62.7 Å². The average molecular weight is 369 g/mol. The number of fused-ring (bicyclic) bond motifs is 1. The number of rotatable bonds is 9. The summed E-state index contributed by atoms with van der Waals surface area (Å²) in [6, 6.07) is 0. The van der Waals surface area contributed by atoms with Crippen molar-refractivity contribution in [3.63, 3.8) is 0 Å². The zero-order chi connectivity index (χ0) is 19.8. The third kappa shape index (κ3) is 10.8. The lowest BCUT2D eigenvalue weighted by molar-refractivity contribution is -0.132. The first-order valence-electron chi connectivity index (χ1n) is 11.1. The molecule has 0 N–H and O–H groups in total. The van der Waals surface area contributed by atoms with Gasteiger partial charge in [0.15, 0.2) is 0 Å². The molecule has 0 aromatic carbocycles. The van der Waals surface area contributed by atoms with E-state index in [-0.39, 0.29) is 0 Å². The van der Waals surface area contributed by atoms with E-state index < -0.39 is 0 Å². The van der Waals surface area contributed by atoms with Gasteiger partial charge in [0.25, 0.3) is 0 Å². The number of nitrogens with zero attached hydrogens (tertiary/aromatic N) is 2. The van der Waals surface area contributed by atoms with Crippen LogP contribution >= 0.6 is 0 Å². The van der Waals surface area contributed by atoms with Gasteiger partial charge in [0.05, 0.1) is 5.71 Å². The van der Waals surface area contributed by atoms with E-state index in [2.05, 4.69) is 37.8 Å². The van der Waals surface area contributed by atoms with E-state index in [1.807, 2.05) is 13.8 Å². The highest BCUT2D eigenvalue weighted by molar-refractivity contribution is 5.83. The molecule has 4 nitrogen and oxygen atoms in total. The number of likely N-dealkylation sites (tertiary alicyclic amines) is 1. The summed E-state index contributed by atoms with van der Waals surface area (Å²) in [4.78, 5) is 19.5. The summed E-state index contributed by atoms with van der Waals surface area (Å²) < 4.78 is 0. The van der Waals surface area contributed by atoms with E-state index in [4.69, 9.17) is 4.84 Å². The second-order valence-corrected chi connectivity index (χ2v) is 7.10. The van der Waals surface area contributed by atoms with Gasteiger partial charge in [0.2, 0.25) is 5.91 Å². The van der Waals surface area contributed by atoms with Crippen LogP contribution in [0.25, 0.3) is 0 Å². The highest BCUT2D eigenvalue weighted by Gasteiger charge is 2.42. The molecule has 1 saturated heterocycles. The van der Waals surface area contributed by atoms with E-state index in [9.17, 15) is 4.79 Å². The molecule has 154 valence electrons. The number of hydrogen-bond donors (Lipinski definition) is 0. The van der Waals surface area contributed by atoms with Crippen molar-refractivity contribution in [3.05, 3.63) is 0 Å². The zero-order valence-electron chi connectivity index (χ0n) is 18.4. The van der Waals surface area contributed by atoms with Crippen LogP contribution in [0.3, 0.4) is 0 Å². The Morgan fingerprint density at radius 2 is 1.69 bits per heavy atom. The Bertz CT molecular complexity index is 376. The molecule has 2 atom stereocenters. The molecule has 0 bridgehead atoms. The third-order valence-electron chi connectivity index (χ3n) is 4.78. The molecular weight excluding hydrogens is 324 g/mol. The van der Waals surface area contributed by atoms with E-state index in [1.54, 1.807) is 0 Å². The number of unbranched alkanes of at least 4 members (excludes halogenated alkanes) is 2. The summed E-state index contributed by atoms with van der Waals surface area (Å²) >= 11 is 0. The summed E-state index contributed by atoms with van der Waals surface area (Å²) in [7, 11) is 0. The molecule has 2 rings (SSSR count). The maximum Gasteiger partial charge on any atom is 0.222 e. The van der Waals surface area contributed by atoms with Gasteiger partial charge in [-0.05, 0) is 56.8 Å². The molecule has 1 saturated carbocycles. The Hall–Kier alpha value is -1.06. The van der Waals surface area contributed by atoms with Gasteiger partial charge in [0.1, 0.15) is 6.61 Å². The molecule has 2 unspecified atom stereocenters. The average Bonchev–Trinajstić information content (AvgIpc) is 3.45. The lowest BCUT2D eigenvalue weighted by atomic mass is 10.1. The van der Waals surface area contributed by atoms with E-state index in [0.29, 0.717) is 18.9 Å². The number of piperidine rings is 1. The topological polar surface area (TPSA) is 41.9 Å². The van der Waals surface area contributed by atoms with Crippen LogP contribution in [0.15, 0.2) is 5.16 Å². The van der Waals surface area contributed by atoms with Gasteiger partial charge in [0, 0.05) is 19.5 Å². The summed E-state index contributed by atoms with van der Waals surface area (Å²) in [5.41, 5.74) is 1.12. The minimum absolute atomic E-state index is 0.360. The summed E-state index contributed by atoms with van der Waals surface area (Å²) in [5.74, 6) is 2.14. The van der Waals surface area contributed by atoms with Crippen LogP contribution in [0.4, 0.5) is 0 Å². The van der Waals surface area contributed by atoms with Crippen LogP contribution < -0.4 is 0 Å². The van der Waals surface area contributed by atoms with Gasteiger partial charge in [-0.1, -0.05) is 53.1 Å². The molecule has 1 aliphatic heterocycles. The largest absolute Gasteiger partial charge is 0.396 e. The standard InChI is InChI=1S/C17H30N2O2.C3H8.C2H6/c1-3-16(4-2)18-21-11-7-5-6-8-17(20)19-10-9-14-12-15(14)13-19;1-3-2;1-2/h14-15H,3-13H2,1-2H3;3H2,1-2H3;1-2H3. The molecule has 0 radical (unpaired) electrons. The Labute approximate surface area is 162 Å².